The Morgan fingerprint density at radius 3 is 2.20 bits per heavy atom. The first-order chi connectivity index (χ1) is 9.83. The minimum absolute atomic E-state index is 0.374. The van der Waals surface area contributed by atoms with Crippen LogP contribution in [0.15, 0.2) is 48.5 Å². The van der Waals surface area contributed by atoms with Gasteiger partial charge in [0.15, 0.2) is 0 Å². The molecule has 20 heavy (non-hydrogen) atoms. The monoisotopic (exact) mass is 268 g/mol. The number of benzene rings is 2. The molecule has 0 spiro atoms. The maximum atomic E-state index is 10.0. The second-order valence-electron chi connectivity index (χ2n) is 5.38. The Labute approximate surface area is 120 Å². The highest BCUT2D eigenvalue weighted by Gasteiger charge is 2.12. The molecule has 1 N–H and O–H groups in total. The van der Waals surface area contributed by atoms with E-state index in [4.69, 9.17) is 4.74 Å². The van der Waals surface area contributed by atoms with Crippen molar-refractivity contribution < 1.29 is 9.84 Å². The van der Waals surface area contributed by atoms with Crippen molar-refractivity contribution in [1.82, 2.24) is 0 Å². The first kappa shape index (κ1) is 13.2. The Hall–Kier alpha value is -1.80. The third-order valence-corrected chi connectivity index (χ3v) is 3.93. The predicted octanol–water partition coefficient (Wildman–Crippen LogP) is 3.16. The van der Waals surface area contributed by atoms with E-state index >= 15 is 0 Å². The van der Waals surface area contributed by atoms with Crippen molar-refractivity contribution >= 4 is 0 Å². The van der Waals surface area contributed by atoms with Crippen molar-refractivity contribution in [2.45, 2.75) is 31.8 Å². The lowest BCUT2D eigenvalue weighted by Crippen LogP contribution is -2.18. The Bertz CT molecular complexity index is 526. The van der Waals surface area contributed by atoms with Gasteiger partial charge in [0.2, 0.25) is 0 Å². The van der Waals surface area contributed by atoms with Crippen LogP contribution in [0.5, 0.6) is 5.75 Å². The second-order valence-corrected chi connectivity index (χ2v) is 5.38. The molecule has 104 valence electrons. The average molecular weight is 268 g/mol. The summed E-state index contributed by atoms with van der Waals surface area (Å²) in [5.41, 5.74) is 3.96. The summed E-state index contributed by atoms with van der Waals surface area (Å²) < 4.78 is 5.78. The molecule has 0 bridgehead atoms. The summed E-state index contributed by atoms with van der Waals surface area (Å²) >= 11 is 0. The van der Waals surface area contributed by atoms with Gasteiger partial charge in [-0.05, 0) is 48.4 Å². The zero-order valence-corrected chi connectivity index (χ0v) is 11.6. The number of aliphatic hydroxyl groups excluding tert-OH is 1. The van der Waals surface area contributed by atoms with Gasteiger partial charge in [-0.15, -0.1) is 0 Å². The van der Waals surface area contributed by atoms with Crippen LogP contribution in [-0.2, 0) is 19.3 Å². The Morgan fingerprint density at radius 2 is 1.40 bits per heavy atom. The molecule has 2 nitrogen and oxygen atoms in total. The van der Waals surface area contributed by atoms with Gasteiger partial charge in [0.1, 0.15) is 12.4 Å². The number of fused-ring (bicyclic) bond motifs is 2. The molecule has 1 aliphatic heterocycles. The van der Waals surface area contributed by atoms with Gasteiger partial charge in [-0.1, -0.05) is 42.5 Å². The van der Waals surface area contributed by atoms with Gasteiger partial charge in [-0.2, -0.15) is 0 Å². The van der Waals surface area contributed by atoms with E-state index in [1.807, 2.05) is 18.2 Å². The third-order valence-electron chi connectivity index (χ3n) is 3.93. The van der Waals surface area contributed by atoms with Crippen LogP contribution < -0.4 is 4.74 Å². The molecule has 0 radical (unpaired) electrons. The molecule has 0 saturated carbocycles. The number of rotatable bonds is 0. The fraction of sp³-hybridized carbons (Fsp3) is 0.333. The van der Waals surface area contributed by atoms with E-state index in [0.29, 0.717) is 6.61 Å². The smallest absolute Gasteiger partial charge is 0.122 e. The lowest BCUT2D eigenvalue weighted by atomic mass is 9.96. The fourth-order valence-electron chi connectivity index (χ4n) is 2.76. The number of aliphatic hydroxyl groups is 1. The topological polar surface area (TPSA) is 29.5 Å². The summed E-state index contributed by atoms with van der Waals surface area (Å²) in [5, 5.41) is 10.0. The molecule has 2 aromatic carbocycles. The largest absolute Gasteiger partial charge is 0.491 e. The van der Waals surface area contributed by atoms with Crippen molar-refractivity contribution in [1.29, 1.82) is 0 Å². The zero-order valence-electron chi connectivity index (χ0n) is 11.6. The quantitative estimate of drug-likeness (QED) is 0.795. The summed E-state index contributed by atoms with van der Waals surface area (Å²) in [6.45, 7) is 0.374. The van der Waals surface area contributed by atoms with Crippen LogP contribution >= 0.6 is 0 Å². The second kappa shape index (κ2) is 6.10. The molecule has 3 rings (SSSR count). The SMILES string of the molecule is OC1CCc2ccccc2CCc2ccccc2OC1. The van der Waals surface area contributed by atoms with Crippen LogP contribution in [0.25, 0.3) is 0 Å². The highest BCUT2D eigenvalue weighted by Crippen LogP contribution is 2.23. The maximum Gasteiger partial charge on any atom is 0.122 e. The van der Waals surface area contributed by atoms with Crippen LogP contribution in [0.1, 0.15) is 23.1 Å². The molecule has 0 aliphatic carbocycles. The van der Waals surface area contributed by atoms with Crippen molar-refractivity contribution in [3.63, 3.8) is 0 Å². The molecule has 1 atom stereocenters. The molecule has 0 saturated heterocycles. The van der Waals surface area contributed by atoms with E-state index in [2.05, 4.69) is 30.3 Å². The zero-order chi connectivity index (χ0) is 13.8. The summed E-state index contributed by atoms with van der Waals surface area (Å²) in [7, 11) is 0. The van der Waals surface area contributed by atoms with E-state index in [-0.39, 0.29) is 0 Å². The van der Waals surface area contributed by atoms with Gasteiger partial charge < -0.3 is 9.84 Å². The first-order valence-electron chi connectivity index (χ1n) is 7.28. The Kier molecular flexibility index (Phi) is 4.03. The van der Waals surface area contributed by atoms with Gasteiger partial charge in [0.05, 0.1) is 6.10 Å². The van der Waals surface area contributed by atoms with Crippen LogP contribution in [0.2, 0.25) is 0 Å². The number of para-hydroxylation sites is 1. The van der Waals surface area contributed by atoms with Crippen molar-refractivity contribution in [3.05, 3.63) is 65.2 Å². The molecule has 2 heteroatoms. The van der Waals surface area contributed by atoms with Gasteiger partial charge in [0, 0.05) is 0 Å². The Morgan fingerprint density at radius 1 is 0.800 bits per heavy atom. The van der Waals surface area contributed by atoms with Crippen LogP contribution in [0, 0.1) is 0 Å². The van der Waals surface area contributed by atoms with Gasteiger partial charge >= 0.3 is 0 Å². The molecule has 1 aliphatic rings. The predicted molar refractivity (Wildman–Crippen MR) is 80.1 cm³/mol. The summed E-state index contributed by atoms with van der Waals surface area (Å²) in [5.74, 6) is 0.908. The average Bonchev–Trinajstić information content (AvgIpc) is 2.52. The lowest BCUT2D eigenvalue weighted by Gasteiger charge is -2.13. The number of ether oxygens (including phenoxy) is 1. The summed E-state index contributed by atoms with van der Waals surface area (Å²) in [4.78, 5) is 0. The van der Waals surface area contributed by atoms with Crippen LogP contribution in [0.4, 0.5) is 0 Å². The van der Waals surface area contributed by atoms with Crippen molar-refractivity contribution in [2.75, 3.05) is 6.61 Å². The van der Waals surface area contributed by atoms with Gasteiger partial charge in [-0.25, -0.2) is 0 Å². The normalized spacial score (nSPS) is 19.1. The maximum absolute atomic E-state index is 10.0. The number of aryl methyl sites for hydroxylation is 3. The van der Waals surface area contributed by atoms with Crippen molar-refractivity contribution in [3.8, 4) is 5.75 Å². The molecule has 0 aromatic heterocycles. The Balaban J connectivity index is 1.91. The van der Waals surface area contributed by atoms with E-state index in [0.717, 1.165) is 31.4 Å². The summed E-state index contributed by atoms with van der Waals surface area (Å²) in [6.07, 6.45) is 3.25. The molecule has 2 aromatic rings. The molecular formula is C18H20O2. The van der Waals surface area contributed by atoms with E-state index in [1.54, 1.807) is 0 Å². The van der Waals surface area contributed by atoms with E-state index < -0.39 is 6.10 Å². The van der Waals surface area contributed by atoms with Crippen LogP contribution in [-0.4, -0.2) is 17.8 Å². The molecule has 1 unspecified atom stereocenters. The van der Waals surface area contributed by atoms with Crippen molar-refractivity contribution in [2.24, 2.45) is 0 Å². The molecule has 0 fully saturated rings. The van der Waals surface area contributed by atoms with E-state index in [9.17, 15) is 5.11 Å². The highest BCUT2D eigenvalue weighted by atomic mass is 16.5. The molecular weight excluding hydrogens is 248 g/mol. The van der Waals surface area contributed by atoms with Gasteiger partial charge in [0.25, 0.3) is 0 Å². The highest BCUT2D eigenvalue weighted by molar-refractivity contribution is 5.35. The standard InChI is InChI=1S/C18H20O2/c19-17-12-11-15-6-2-1-5-14(15)9-10-16-7-3-4-8-18(16)20-13-17/h1-8,17,19H,9-13H2. The molecule has 0 amide bonds. The minimum atomic E-state index is -0.408. The number of hydrogen-bond donors (Lipinski definition) is 1. The third kappa shape index (κ3) is 3.02. The van der Waals surface area contributed by atoms with Gasteiger partial charge in [-0.3, -0.25) is 0 Å². The lowest BCUT2D eigenvalue weighted by molar-refractivity contribution is 0.0999. The van der Waals surface area contributed by atoms with E-state index in [1.165, 1.54) is 16.7 Å². The molecule has 1 heterocycles. The fourth-order valence-corrected chi connectivity index (χ4v) is 2.76. The summed E-state index contributed by atoms with van der Waals surface area (Å²) in [6, 6.07) is 16.7. The minimum Gasteiger partial charge on any atom is -0.491 e. The number of hydrogen-bond acceptors (Lipinski definition) is 2. The van der Waals surface area contributed by atoms with Crippen LogP contribution in [0.3, 0.4) is 0 Å². The first-order valence-corrected chi connectivity index (χ1v) is 7.28.